The lowest BCUT2D eigenvalue weighted by Gasteiger charge is -2.18. The van der Waals surface area contributed by atoms with Crippen LogP contribution >= 0.6 is 15.9 Å². The lowest BCUT2D eigenvalue weighted by molar-refractivity contribution is 0.146. The van der Waals surface area contributed by atoms with Crippen LogP contribution in [0, 0.1) is 5.92 Å². The minimum atomic E-state index is 0.442. The molecule has 0 saturated heterocycles. The van der Waals surface area contributed by atoms with E-state index in [1.165, 1.54) is 24.8 Å². The summed E-state index contributed by atoms with van der Waals surface area (Å²) >= 11 is 3.58. The number of ether oxygens (including phenoxy) is 2. The molecule has 0 spiro atoms. The quantitative estimate of drug-likeness (QED) is 0.741. The zero-order valence-electron chi connectivity index (χ0n) is 11.6. The van der Waals surface area contributed by atoms with E-state index in [0.29, 0.717) is 19.3 Å². The molecule has 106 valence electrons. The van der Waals surface area contributed by atoms with E-state index in [1.807, 2.05) is 13.1 Å². The van der Waals surface area contributed by atoms with Gasteiger partial charge in [0.1, 0.15) is 12.4 Å². The fourth-order valence-corrected chi connectivity index (χ4v) is 2.70. The van der Waals surface area contributed by atoms with Gasteiger partial charge in [-0.1, -0.05) is 18.9 Å². The van der Waals surface area contributed by atoms with E-state index in [0.717, 1.165) is 16.1 Å². The monoisotopic (exact) mass is 327 g/mol. The third-order valence-electron chi connectivity index (χ3n) is 3.52. The molecule has 1 saturated carbocycles. The predicted molar refractivity (Wildman–Crippen MR) is 80.7 cm³/mol. The van der Waals surface area contributed by atoms with Crippen molar-refractivity contribution in [3.05, 3.63) is 28.2 Å². The van der Waals surface area contributed by atoms with Gasteiger partial charge in [-0.15, -0.1) is 0 Å². The first kappa shape index (κ1) is 14.8. The Morgan fingerprint density at radius 1 is 1.37 bits per heavy atom. The maximum atomic E-state index is 5.65. The SMILES string of the molecule is CNC(CC1CC1)c1ccc(OCCOC)c(Br)c1. The number of nitrogens with one attached hydrogen (secondary N) is 1. The summed E-state index contributed by atoms with van der Waals surface area (Å²) in [5, 5.41) is 3.41. The van der Waals surface area contributed by atoms with Crippen LogP contribution < -0.4 is 10.1 Å². The third kappa shape index (κ3) is 4.48. The van der Waals surface area contributed by atoms with E-state index in [4.69, 9.17) is 9.47 Å². The molecular formula is C15H22BrNO2. The van der Waals surface area contributed by atoms with Gasteiger partial charge in [0.05, 0.1) is 11.1 Å². The molecule has 1 fully saturated rings. The van der Waals surface area contributed by atoms with Gasteiger partial charge in [0.2, 0.25) is 0 Å². The highest BCUT2D eigenvalue weighted by molar-refractivity contribution is 9.10. The second-order valence-electron chi connectivity index (χ2n) is 5.05. The minimum absolute atomic E-state index is 0.442. The summed E-state index contributed by atoms with van der Waals surface area (Å²) in [7, 11) is 3.71. The summed E-state index contributed by atoms with van der Waals surface area (Å²) in [5.41, 5.74) is 1.32. The van der Waals surface area contributed by atoms with Gasteiger partial charge in [0.15, 0.2) is 0 Å². The first-order valence-corrected chi connectivity index (χ1v) is 7.62. The molecule has 0 aliphatic heterocycles. The Morgan fingerprint density at radius 2 is 2.16 bits per heavy atom. The van der Waals surface area contributed by atoms with E-state index in [-0.39, 0.29) is 0 Å². The number of hydrogen-bond donors (Lipinski definition) is 1. The van der Waals surface area contributed by atoms with E-state index in [9.17, 15) is 0 Å². The van der Waals surface area contributed by atoms with Crippen LogP contribution in [0.1, 0.15) is 30.9 Å². The van der Waals surface area contributed by atoms with Crippen molar-refractivity contribution in [2.75, 3.05) is 27.4 Å². The Labute approximate surface area is 123 Å². The van der Waals surface area contributed by atoms with Crippen molar-refractivity contribution < 1.29 is 9.47 Å². The van der Waals surface area contributed by atoms with Crippen LogP contribution in [0.5, 0.6) is 5.75 Å². The molecule has 0 bridgehead atoms. The maximum Gasteiger partial charge on any atom is 0.133 e. The van der Waals surface area contributed by atoms with Crippen LogP contribution in [0.25, 0.3) is 0 Å². The number of benzene rings is 1. The largest absolute Gasteiger partial charge is 0.490 e. The van der Waals surface area contributed by atoms with E-state index >= 15 is 0 Å². The summed E-state index contributed by atoms with van der Waals surface area (Å²) in [4.78, 5) is 0. The van der Waals surface area contributed by atoms with Gasteiger partial charge in [0, 0.05) is 13.2 Å². The molecule has 4 heteroatoms. The zero-order chi connectivity index (χ0) is 13.7. The Hall–Kier alpha value is -0.580. The highest BCUT2D eigenvalue weighted by atomic mass is 79.9. The first-order valence-electron chi connectivity index (χ1n) is 6.83. The number of hydrogen-bond acceptors (Lipinski definition) is 3. The van der Waals surface area contributed by atoms with Gasteiger partial charge in [-0.2, -0.15) is 0 Å². The van der Waals surface area contributed by atoms with Gasteiger partial charge >= 0.3 is 0 Å². The van der Waals surface area contributed by atoms with Crippen molar-refractivity contribution in [1.29, 1.82) is 0 Å². The van der Waals surface area contributed by atoms with E-state index in [1.54, 1.807) is 7.11 Å². The third-order valence-corrected chi connectivity index (χ3v) is 4.14. The Balaban J connectivity index is 1.99. The molecular weight excluding hydrogens is 306 g/mol. The normalized spacial score (nSPS) is 16.4. The average Bonchev–Trinajstić information content (AvgIpc) is 3.22. The second kappa shape index (κ2) is 7.27. The fraction of sp³-hybridized carbons (Fsp3) is 0.600. The molecule has 0 radical (unpaired) electrons. The summed E-state index contributed by atoms with van der Waals surface area (Å²) in [6.45, 7) is 1.18. The highest BCUT2D eigenvalue weighted by Gasteiger charge is 2.25. The van der Waals surface area contributed by atoms with Gasteiger partial charge in [-0.25, -0.2) is 0 Å². The average molecular weight is 328 g/mol. The first-order chi connectivity index (χ1) is 9.24. The molecule has 1 aromatic carbocycles. The van der Waals surface area contributed by atoms with Gasteiger partial charge < -0.3 is 14.8 Å². The number of rotatable bonds is 8. The van der Waals surface area contributed by atoms with Gasteiger partial charge in [-0.05, 0) is 53.0 Å². The molecule has 19 heavy (non-hydrogen) atoms. The molecule has 1 aliphatic rings. The van der Waals surface area contributed by atoms with Crippen molar-refractivity contribution in [3.8, 4) is 5.75 Å². The van der Waals surface area contributed by atoms with Crippen molar-refractivity contribution in [3.63, 3.8) is 0 Å². The van der Waals surface area contributed by atoms with Gasteiger partial charge in [-0.3, -0.25) is 0 Å². The second-order valence-corrected chi connectivity index (χ2v) is 5.91. The zero-order valence-corrected chi connectivity index (χ0v) is 13.2. The molecule has 1 unspecified atom stereocenters. The maximum absolute atomic E-state index is 5.65. The van der Waals surface area contributed by atoms with E-state index < -0.39 is 0 Å². The topological polar surface area (TPSA) is 30.5 Å². The standard InChI is InChI=1S/C15H22BrNO2/c1-17-14(9-11-3-4-11)12-5-6-15(13(16)10-12)19-8-7-18-2/h5-6,10-11,14,17H,3-4,7-9H2,1-2H3. The van der Waals surface area contributed by atoms with E-state index in [2.05, 4.69) is 33.4 Å². The lowest BCUT2D eigenvalue weighted by Crippen LogP contribution is -2.17. The molecule has 1 N–H and O–H groups in total. The molecule has 1 aliphatic carbocycles. The van der Waals surface area contributed by atoms with Crippen LogP contribution in [-0.2, 0) is 4.74 Å². The molecule has 1 aromatic rings. The van der Waals surface area contributed by atoms with Gasteiger partial charge in [0.25, 0.3) is 0 Å². The summed E-state index contributed by atoms with van der Waals surface area (Å²) in [6, 6.07) is 6.78. The van der Waals surface area contributed by atoms with Crippen LogP contribution in [0.15, 0.2) is 22.7 Å². The van der Waals surface area contributed by atoms with Crippen molar-refractivity contribution in [2.24, 2.45) is 5.92 Å². The number of methoxy groups -OCH3 is 1. The van der Waals surface area contributed by atoms with Crippen LogP contribution in [0.4, 0.5) is 0 Å². The molecule has 3 nitrogen and oxygen atoms in total. The summed E-state index contributed by atoms with van der Waals surface area (Å²) in [5.74, 6) is 1.79. The Morgan fingerprint density at radius 3 is 2.74 bits per heavy atom. The molecule has 0 amide bonds. The smallest absolute Gasteiger partial charge is 0.133 e. The van der Waals surface area contributed by atoms with Crippen LogP contribution in [0.2, 0.25) is 0 Å². The predicted octanol–water partition coefficient (Wildman–Crippen LogP) is 3.53. The molecule has 2 rings (SSSR count). The Kier molecular flexibility index (Phi) is 5.67. The highest BCUT2D eigenvalue weighted by Crippen LogP contribution is 2.38. The number of halogens is 1. The fourth-order valence-electron chi connectivity index (χ4n) is 2.19. The molecule has 1 atom stereocenters. The van der Waals surface area contributed by atoms with Crippen molar-refractivity contribution in [2.45, 2.75) is 25.3 Å². The van der Waals surface area contributed by atoms with Crippen molar-refractivity contribution in [1.82, 2.24) is 5.32 Å². The minimum Gasteiger partial charge on any atom is -0.490 e. The molecule has 0 heterocycles. The Bertz CT molecular complexity index is 407. The molecule has 0 aromatic heterocycles. The summed E-state index contributed by atoms with van der Waals surface area (Å²) in [6.07, 6.45) is 4.00. The van der Waals surface area contributed by atoms with Crippen LogP contribution in [-0.4, -0.2) is 27.4 Å². The van der Waals surface area contributed by atoms with Crippen molar-refractivity contribution >= 4 is 15.9 Å². The lowest BCUT2D eigenvalue weighted by atomic mass is 10.0. The summed E-state index contributed by atoms with van der Waals surface area (Å²) < 4.78 is 11.6. The van der Waals surface area contributed by atoms with Crippen LogP contribution in [0.3, 0.4) is 0 Å².